The molecular weight excluding hydrogens is 276 g/mol. The van der Waals surface area contributed by atoms with Crippen LogP contribution in [-0.4, -0.2) is 24.5 Å². The maximum atomic E-state index is 6.17. The van der Waals surface area contributed by atoms with Crippen LogP contribution >= 0.6 is 11.6 Å². The normalized spacial score (nSPS) is 11.2. The summed E-state index contributed by atoms with van der Waals surface area (Å²) in [5, 5.41) is 3.44. The Labute approximate surface area is 120 Å². The SMILES string of the molecule is CC(C)n1cnc2c(Cl)nc(Nc3ccncc3)nc21. The summed E-state index contributed by atoms with van der Waals surface area (Å²) in [7, 11) is 0. The number of aromatic nitrogens is 5. The Kier molecular flexibility index (Phi) is 3.23. The summed E-state index contributed by atoms with van der Waals surface area (Å²) in [6, 6.07) is 3.92. The Balaban J connectivity index is 2.06. The quantitative estimate of drug-likeness (QED) is 0.750. The first-order valence-electron chi connectivity index (χ1n) is 6.22. The van der Waals surface area contributed by atoms with Gasteiger partial charge in [-0.05, 0) is 26.0 Å². The van der Waals surface area contributed by atoms with Crippen LogP contribution in [0.1, 0.15) is 19.9 Å². The third-order valence-electron chi connectivity index (χ3n) is 2.87. The summed E-state index contributed by atoms with van der Waals surface area (Å²) in [4.78, 5) is 16.9. The average molecular weight is 289 g/mol. The van der Waals surface area contributed by atoms with Gasteiger partial charge in [0, 0.05) is 24.1 Å². The zero-order valence-corrected chi connectivity index (χ0v) is 11.8. The van der Waals surface area contributed by atoms with E-state index in [9.17, 15) is 0 Å². The smallest absolute Gasteiger partial charge is 0.230 e. The predicted molar refractivity (Wildman–Crippen MR) is 78.2 cm³/mol. The molecule has 0 atom stereocenters. The van der Waals surface area contributed by atoms with Crippen LogP contribution < -0.4 is 5.32 Å². The van der Waals surface area contributed by atoms with Gasteiger partial charge in [0.2, 0.25) is 5.95 Å². The molecule has 0 bridgehead atoms. The van der Waals surface area contributed by atoms with Crippen LogP contribution in [0.25, 0.3) is 11.2 Å². The summed E-state index contributed by atoms with van der Waals surface area (Å²) in [5.74, 6) is 0.441. The molecule has 102 valence electrons. The van der Waals surface area contributed by atoms with Gasteiger partial charge < -0.3 is 9.88 Å². The van der Waals surface area contributed by atoms with Crippen molar-refractivity contribution in [1.82, 2.24) is 24.5 Å². The summed E-state index contributed by atoms with van der Waals surface area (Å²) in [6.07, 6.45) is 5.12. The number of hydrogen-bond acceptors (Lipinski definition) is 5. The molecule has 0 amide bonds. The molecule has 1 N–H and O–H groups in total. The third-order valence-corrected chi connectivity index (χ3v) is 3.14. The molecule has 0 saturated heterocycles. The van der Waals surface area contributed by atoms with Gasteiger partial charge in [0.1, 0.15) is 5.52 Å². The topological polar surface area (TPSA) is 68.5 Å². The van der Waals surface area contributed by atoms with E-state index in [1.807, 2.05) is 16.7 Å². The van der Waals surface area contributed by atoms with Crippen LogP contribution in [0, 0.1) is 0 Å². The molecular formula is C13H13ClN6. The summed E-state index contributed by atoms with van der Waals surface area (Å²) >= 11 is 6.17. The van der Waals surface area contributed by atoms with Crippen molar-refractivity contribution in [2.75, 3.05) is 5.32 Å². The number of anilines is 2. The molecule has 7 heteroatoms. The Bertz CT molecular complexity index is 737. The van der Waals surface area contributed by atoms with Crippen LogP contribution in [0.4, 0.5) is 11.6 Å². The van der Waals surface area contributed by atoms with Gasteiger partial charge in [0.25, 0.3) is 0 Å². The first-order valence-corrected chi connectivity index (χ1v) is 6.60. The van der Waals surface area contributed by atoms with Crippen molar-refractivity contribution in [3.63, 3.8) is 0 Å². The van der Waals surface area contributed by atoms with Crippen LogP contribution in [0.5, 0.6) is 0 Å². The van der Waals surface area contributed by atoms with Crippen molar-refractivity contribution < 1.29 is 0 Å². The number of pyridine rings is 1. The van der Waals surface area contributed by atoms with Crippen LogP contribution in [-0.2, 0) is 0 Å². The Hall–Kier alpha value is -2.21. The van der Waals surface area contributed by atoms with Crippen molar-refractivity contribution in [3.05, 3.63) is 36.0 Å². The van der Waals surface area contributed by atoms with Gasteiger partial charge in [-0.3, -0.25) is 4.98 Å². The van der Waals surface area contributed by atoms with Crippen LogP contribution in [0.3, 0.4) is 0 Å². The lowest BCUT2D eigenvalue weighted by atomic mass is 10.4. The molecule has 0 aliphatic rings. The van der Waals surface area contributed by atoms with Gasteiger partial charge >= 0.3 is 0 Å². The van der Waals surface area contributed by atoms with Crippen LogP contribution in [0.2, 0.25) is 5.15 Å². The van der Waals surface area contributed by atoms with Crippen molar-refractivity contribution in [2.45, 2.75) is 19.9 Å². The highest BCUT2D eigenvalue weighted by Crippen LogP contribution is 2.24. The molecule has 0 aromatic carbocycles. The van der Waals surface area contributed by atoms with Crippen molar-refractivity contribution in [1.29, 1.82) is 0 Å². The predicted octanol–water partition coefficient (Wildman–Crippen LogP) is 3.20. The van der Waals surface area contributed by atoms with Crippen molar-refractivity contribution >= 4 is 34.4 Å². The van der Waals surface area contributed by atoms with Gasteiger partial charge in [0.15, 0.2) is 10.8 Å². The zero-order chi connectivity index (χ0) is 14.1. The molecule has 0 aliphatic carbocycles. The monoisotopic (exact) mass is 288 g/mol. The van der Waals surface area contributed by atoms with Gasteiger partial charge in [-0.1, -0.05) is 11.6 Å². The van der Waals surface area contributed by atoms with E-state index >= 15 is 0 Å². The lowest BCUT2D eigenvalue weighted by Crippen LogP contribution is -2.03. The number of imidazole rings is 1. The first-order chi connectivity index (χ1) is 9.65. The lowest BCUT2D eigenvalue weighted by Gasteiger charge is -2.09. The molecule has 0 saturated carbocycles. The van der Waals surface area contributed by atoms with E-state index in [-0.39, 0.29) is 6.04 Å². The van der Waals surface area contributed by atoms with Crippen molar-refractivity contribution in [2.24, 2.45) is 0 Å². The number of fused-ring (bicyclic) bond motifs is 1. The van der Waals surface area contributed by atoms with Gasteiger partial charge in [-0.25, -0.2) is 4.98 Å². The Morgan fingerprint density at radius 3 is 2.65 bits per heavy atom. The third kappa shape index (κ3) is 2.30. The van der Waals surface area contributed by atoms with E-state index in [1.54, 1.807) is 18.7 Å². The fourth-order valence-corrected chi connectivity index (χ4v) is 2.09. The van der Waals surface area contributed by atoms with E-state index in [4.69, 9.17) is 11.6 Å². The molecule has 3 aromatic rings. The highest BCUT2D eigenvalue weighted by molar-refractivity contribution is 6.33. The zero-order valence-electron chi connectivity index (χ0n) is 11.1. The molecule has 0 spiro atoms. The van der Waals surface area contributed by atoms with Gasteiger partial charge in [-0.2, -0.15) is 9.97 Å². The molecule has 0 fully saturated rings. The van der Waals surface area contributed by atoms with E-state index in [0.29, 0.717) is 16.6 Å². The number of nitrogens with zero attached hydrogens (tertiary/aromatic N) is 5. The Morgan fingerprint density at radius 1 is 1.20 bits per heavy atom. The molecule has 20 heavy (non-hydrogen) atoms. The number of halogens is 1. The standard InChI is InChI=1S/C13H13ClN6/c1-8(2)20-7-16-10-11(14)18-13(19-12(10)20)17-9-3-5-15-6-4-9/h3-8H,1-2H3,(H,15,17,18,19). The molecule has 3 rings (SSSR count). The highest BCUT2D eigenvalue weighted by Gasteiger charge is 2.13. The lowest BCUT2D eigenvalue weighted by molar-refractivity contribution is 0.613. The minimum absolute atomic E-state index is 0.250. The second kappa shape index (κ2) is 5.05. The molecule has 3 heterocycles. The maximum absolute atomic E-state index is 6.17. The molecule has 0 unspecified atom stereocenters. The number of hydrogen-bond donors (Lipinski definition) is 1. The van der Waals surface area contributed by atoms with Crippen molar-refractivity contribution in [3.8, 4) is 0 Å². The molecule has 6 nitrogen and oxygen atoms in total. The maximum Gasteiger partial charge on any atom is 0.230 e. The number of nitrogens with one attached hydrogen (secondary N) is 1. The minimum Gasteiger partial charge on any atom is -0.324 e. The molecule has 0 radical (unpaired) electrons. The van der Waals surface area contributed by atoms with E-state index in [2.05, 4.69) is 39.1 Å². The van der Waals surface area contributed by atoms with Gasteiger partial charge in [0.05, 0.1) is 6.33 Å². The summed E-state index contributed by atoms with van der Waals surface area (Å²) in [6.45, 7) is 4.13. The van der Waals surface area contributed by atoms with E-state index in [1.165, 1.54) is 0 Å². The van der Waals surface area contributed by atoms with Crippen LogP contribution in [0.15, 0.2) is 30.9 Å². The first kappa shape index (κ1) is 12.8. The minimum atomic E-state index is 0.250. The Morgan fingerprint density at radius 2 is 1.95 bits per heavy atom. The van der Waals surface area contributed by atoms with Gasteiger partial charge in [-0.15, -0.1) is 0 Å². The summed E-state index contributed by atoms with van der Waals surface area (Å²) < 4.78 is 1.96. The number of rotatable bonds is 3. The van der Waals surface area contributed by atoms with E-state index in [0.717, 1.165) is 11.3 Å². The molecule has 0 aliphatic heterocycles. The fourth-order valence-electron chi connectivity index (χ4n) is 1.88. The second-order valence-corrected chi connectivity index (χ2v) is 4.97. The largest absolute Gasteiger partial charge is 0.324 e. The summed E-state index contributed by atoms with van der Waals surface area (Å²) in [5.41, 5.74) is 2.18. The fraction of sp³-hybridized carbons (Fsp3) is 0.231. The molecule has 3 aromatic heterocycles. The second-order valence-electron chi connectivity index (χ2n) is 4.62. The average Bonchev–Trinajstić information content (AvgIpc) is 2.84. The highest BCUT2D eigenvalue weighted by atomic mass is 35.5. The van der Waals surface area contributed by atoms with E-state index < -0.39 is 0 Å².